The van der Waals surface area contributed by atoms with Crippen LogP contribution < -0.4 is 0 Å². The van der Waals surface area contributed by atoms with Gasteiger partial charge in [0.05, 0.1) is 12.9 Å². The van der Waals surface area contributed by atoms with Crippen molar-refractivity contribution in [3.05, 3.63) is 61.2 Å². The van der Waals surface area contributed by atoms with Crippen molar-refractivity contribution in [1.82, 2.24) is 34.3 Å². The first-order chi connectivity index (χ1) is 10.4. The third-order valence-corrected chi connectivity index (χ3v) is 3.24. The zero-order chi connectivity index (χ0) is 14.1. The maximum Gasteiger partial charge on any atom is 0.170 e. The SMILES string of the molecule is c1ccc(Cn2cnc3c(-n4cnnc4)ncnc32)cc1. The Balaban J connectivity index is 1.81. The van der Waals surface area contributed by atoms with E-state index < -0.39 is 0 Å². The Labute approximate surface area is 119 Å². The van der Waals surface area contributed by atoms with Crippen molar-refractivity contribution >= 4 is 11.2 Å². The van der Waals surface area contributed by atoms with E-state index in [0.717, 1.165) is 17.7 Å². The van der Waals surface area contributed by atoms with Gasteiger partial charge in [0, 0.05) is 0 Å². The largest absolute Gasteiger partial charge is 0.311 e. The minimum atomic E-state index is 0.678. The Morgan fingerprint density at radius 1 is 0.857 bits per heavy atom. The number of rotatable bonds is 3. The van der Waals surface area contributed by atoms with E-state index in [9.17, 15) is 0 Å². The molecule has 0 radical (unpaired) electrons. The molecule has 3 heterocycles. The van der Waals surface area contributed by atoms with E-state index in [1.807, 2.05) is 22.8 Å². The molecule has 0 bridgehead atoms. The molecule has 0 saturated carbocycles. The molecule has 3 aromatic heterocycles. The van der Waals surface area contributed by atoms with Crippen LogP contribution in [0.3, 0.4) is 0 Å². The van der Waals surface area contributed by atoms with Crippen molar-refractivity contribution in [2.24, 2.45) is 0 Å². The summed E-state index contributed by atoms with van der Waals surface area (Å²) in [6.45, 7) is 0.718. The highest BCUT2D eigenvalue weighted by Gasteiger charge is 2.11. The van der Waals surface area contributed by atoms with Gasteiger partial charge < -0.3 is 4.57 Å². The highest BCUT2D eigenvalue weighted by Crippen LogP contribution is 2.17. The van der Waals surface area contributed by atoms with Crippen LogP contribution in [0, 0.1) is 0 Å². The topological polar surface area (TPSA) is 74.3 Å². The summed E-state index contributed by atoms with van der Waals surface area (Å²) in [6, 6.07) is 10.2. The first-order valence-electron chi connectivity index (χ1n) is 6.46. The smallest absolute Gasteiger partial charge is 0.170 e. The Hall–Kier alpha value is -3.09. The van der Waals surface area contributed by atoms with E-state index in [4.69, 9.17) is 0 Å². The van der Waals surface area contributed by atoms with E-state index in [1.165, 1.54) is 11.9 Å². The molecule has 7 heteroatoms. The zero-order valence-corrected chi connectivity index (χ0v) is 11.0. The van der Waals surface area contributed by atoms with Crippen LogP contribution in [0.2, 0.25) is 0 Å². The summed E-state index contributed by atoms with van der Waals surface area (Å²) in [6.07, 6.45) is 6.50. The maximum atomic E-state index is 4.43. The van der Waals surface area contributed by atoms with E-state index in [2.05, 4.69) is 37.3 Å². The fraction of sp³-hybridized carbons (Fsp3) is 0.0714. The third-order valence-electron chi connectivity index (χ3n) is 3.24. The van der Waals surface area contributed by atoms with Crippen LogP contribution >= 0.6 is 0 Å². The lowest BCUT2D eigenvalue weighted by atomic mass is 10.2. The highest BCUT2D eigenvalue weighted by atomic mass is 15.3. The summed E-state index contributed by atoms with van der Waals surface area (Å²) in [4.78, 5) is 13.0. The van der Waals surface area contributed by atoms with Gasteiger partial charge in [0.25, 0.3) is 0 Å². The number of fused-ring (bicyclic) bond motifs is 1. The predicted molar refractivity (Wildman–Crippen MR) is 75.8 cm³/mol. The number of nitrogens with zero attached hydrogens (tertiary/aromatic N) is 7. The number of hydrogen-bond donors (Lipinski definition) is 0. The van der Waals surface area contributed by atoms with Gasteiger partial charge in [0.15, 0.2) is 17.0 Å². The summed E-state index contributed by atoms with van der Waals surface area (Å²) in [7, 11) is 0. The molecular formula is C14H11N7. The van der Waals surface area contributed by atoms with E-state index in [-0.39, 0.29) is 0 Å². The molecule has 0 aliphatic rings. The van der Waals surface area contributed by atoms with Gasteiger partial charge in [-0.25, -0.2) is 15.0 Å². The van der Waals surface area contributed by atoms with Gasteiger partial charge in [-0.15, -0.1) is 10.2 Å². The molecule has 4 aromatic rings. The Morgan fingerprint density at radius 3 is 2.48 bits per heavy atom. The van der Waals surface area contributed by atoms with Crippen LogP contribution in [0.4, 0.5) is 0 Å². The van der Waals surface area contributed by atoms with E-state index >= 15 is 0 Å². The molecule has 0 amide bonds. The van der Waals surface area contributed by atoms with Gasteiger partial charge in [0.2, 0.25) is 0 Å². The molecule has 0 atom stereocenters. The molecule has 0 unspecified atom stereocenters. The van der Waals surface area contributed by atoms with Crippen molar-refractivity contribution in [2.45, 2.75) is 6.54 Å². The van der Waals surface area contributed by atoms with Gasteiger partial charge in [-0.1, -0.05) is 30.3 Å². The first-order valence-corrected chi connectivity index (χ1v) is 6.46. The van der Waals surface area contributed by atoms with Gasteiger partial charge in [-0.2, -0.15) is 0 Å². The van der Waals surface area contributed by atoms with Gasteiger partial charge in [0.1, 0.15) is 19.0 Å². The van der Waals surface area contributed by atoms with Crippen molar-refractivity contribution in [1.29, 1.82) is 0 Å². The average Bonchev–Trinajstić information content (AvgIpc) is 3.18. The number of imidazole rings is 1. The zero-order valence-electron chi connectivity index (χ0n) is 11.0. The first kappa shape index (κ1) is 11.7. The van der Waals surface area contributed by atoms with Crippen molar-refractivity contribution in [2.75, 3.05) is 0 Å². The number of hydrogen-bond acceptors (Lipinski definition) is 5. The summed E-state index contributed by atoms with van der Waals surface area (Å²) in [5.41, 5.74) is 2.71. The van der Waals surface area contributed by atoms with Crippen molar-refractivity contribution in [3.63, 3.8) is 0 Å². The van der Waals surface area contributed by atoms with Crippen LogP contribution in [0.5, 0.6) is 0 Å². The molecule has 0 N–H and O–H groups in total. The van der Waals surface area contributed by atoms with Gasteiger partial charge in [-0.05, 0) is 5.56 Å². The predicted octanol–water partition coefficient (Wildman–Crippen LogP) is 1.46. The van der Waals surface area contributed by atoms with Crippen LogP contribution in [0.15, 0.2) is 55.6 Å². The number of aromatic nitrogens is 7. The second kappa shape index (κ2) is 4.78. The molecule has 21 heavy (non-hydrogen) atoms. The monoisotopic (exact) mass is 277 g/mol. The molecule has 4 rings (SSSR count). The molecule has 0 aliphatic heterocycles. The summed E-state index contributed by atoms with van der Waals surface area (Å²) in [5, 5.41) is 7.60. The minimum absolute atomic E-state index is 0.678. The van der Waals surface area contributed by atoms with Crippen LogP contribution in [0.1, 0.15) is 5.56 Å². The summed E-state index contributed by atoms with van der Waals surface area (Å²) in [5.74, 6) is 0.678. The molecule has 102 valence electrons. The van der Waals surface area contributed by atoms with Crippen LogP contribution in [0.25, 0.3) is 17.0 Å². The molecule has 0 fully saturated rings. The Bertz CT molecular complexity index is 865. The third kappa shape index (κ3) is 2.04. The number of benzene rings is 1. The van der Waals surface area contributed by atoms with Crippen molar-refractivity contribution in [3.8, 4) is 5.82 Å². The molecule has 7 nitrogen and oxygen atoms in total. The molecular weight excluding hydrogens is 266 g/mol. The Kier molecular flexibility index (Phi) is 2.67. The summed E-state index contributed by atoms with van der Waals surface area (Å²) >= 11 is 0. The molecule has 0 spiro atoms. The Morgan fingerprint density at radius 2 is 1.67 bits per heavy atom. The lowest BCUT2D eigenvalue weighted by Crippen LogP contribution is -2.01. The fourth-order valence-corrected chi connectivity index (χ4v) is 2.26. The van der Waals surface area contributed by atoms with Gasteiger partial charge >= 0.3 is 0 Å². The summed E-state index contributed by atoms with van der Waals surface area (Å²) < 4.78 is 3.73. The fourth-order valence-electron chi connectivity index (χ4n) is 2.26. The van der Waals surface area contributed by atoms with Crippen molar-refractivity contribution < 1.29 is 0 Å². The maximum absolute atomic E-state index is 4.43. The standard InChI is InChI=1S/C14H11N7/c1-2-4-11(5-3-1)6-20-8-17-12-13(20)15-7-16-14(12)21-9-18-19-10-21/h1-5,7-10H,6H2. The minimum Gasteiger partial charge on any atom is -0.311 e. The molecule has 0 saturated heterocycles. The second-order valence-corrected chi connectivity index (χ2v) is 4.60. The van der Waals surface area contributed by atoms with Gasteiger partial charge in [-0.3, -0.25) is 4.57 Å². The van der Waals surface area contributed by atoms with E-state index in [0.29, 0.717) is 5.82 Å². The quantitative estimate of drug-likeness (QED) is 0.566. The average molecular weight is 277 g/mol. The second-order valence-electron chi connectivity index (χ2n) is 4.60. The van der Waals surface area contributed by atoms with Crippen LogP contribution in [-0.2, 0) is 6.54 Å². The van der Waals surface area contributed by atoms with E-state index in [1.54, 1.807) is 23.5 Å². The lowest BCUT2D eigenvalue weighted by molar-refractivity contribution is 0.812. The van der Waals surface area contributed by atoms with Crippen LogP contribution in [-0.4, -0.2) is 34.3 Å². The normalized spacial score (nSPS) is 11.0. The highest BCUT2D eigenvalue weighted by molar-refractivity contribution is 5.78. The molecule has 0 aliphatic carbocycles. The lowest BCUT2D eigenvalue weighted by Gasteiger charge is -2.04. The molecule has 1 aromatic carbocycles.